The van der Waals surface area contributed by atoms with E-state index in [0.29, 0.717) is 30.9 Å². The van der Waals surface area contributed by atoms with Crippen molar-refractivity contribution in [3.63, 3.8) is 0 Å². The third-order valence-electron chi connectivity index (χ3n) is 7.29. The van der Waals surface area contributed by atoms with Crippen molar-refractivity contribution in [3.8, 4) is 17.0 Å². The van der Waals surface area contributed by atoms with Gasteiger partial charge in [0.1, 0.15) is 5.75 Å². The summed E-state index contributed by atoms with van der Waals surface area (Å²) in [6.45, 7) is 0.459. The molecule has 2 heterocycles. The lowest BCUT2D eigenvalue weighted by Crippen LogP contribution is -2.41. The smallest absolute Gasteiger partial charge is 0.319 e. The highest BCUT2D eigenvalue weighted by atomic mass is 16.5. The van der Waals surface area contributed by atoms with Gasteiger partial charge in [0, 0.05) is 41.2 Å². The average molecular weight is 487 g/mol. The molecule has 5 N–H and O–H groups in total. The standard InChI is InChI=1S/C26H30N8O2/c27-24-21-12-11-20(36-14-13-23-30-32-33-31-23)15-22(21)34(19-5-2-6-19)25(24)16-7-9-18(10-8-16)29-26(35)28-17-3-1-4-17/h7-12,15,17,19H,1-6,13-14,27H2,(H2,28,29,35)(H,30,31,32,33). The van der Waals surface area contributed by atoms with Gasteiger partial charge in [0.25, 0.3) is 0 Å². The quantitative estimate of drug-likeness (QED) is 0.291. The molecule has 2 aliphatic carbocycles. The topological polar surface area (TPSA) is 136 Å². The van der Waals surface area contributed by atoms with E-state index in [0.717, 1.165) is 65.0 Å². The predicted octanol–water partition coefficient (Wildman–Crippen LogP) is 4.42. The first kappa shape index (κ1) is 22.4. The molecule has 0 radical (unpaired) electrons. The fourth-order valence-electron chi connectivity index (χ4n) is 4.89. The molecule has 2 fully saturated rings. The molecule has 186 valence electrons. The Morgan fingerprint density at radius 2 is 1.92 bits per heavy atom. The molecule has 0 atom stereocenters. The van der Waals surface area contributed by atoms with E-state index in [4.69, 9.17) is 10.5 Å². The summed E-state index contributed by atoms with van der Waals surface area (Å²) in [5.41, 5.74) is 11.4. The minimum absolute atomic E-state index is 0.151. The number of ether oxygens (including phenoxy) is 1. The van der Waals surface area contributed by atoms with Crippen LogP contribution in [0.4, 0.5) is 16.2 Å². The number of H-pyrrole nitrogens is 1. The number of carbonyl (C=O) groups excluding carboxylic acids is 1. The predicted molar refractivity (Wildman–Crippen MR) is 138 cm³/mol. The number of nitrogen functional groups attached to an aromatic ring is 1. The lowest BCUT2D eigenvalue weighted by molar-refractivity contribution is 0.240. The molecule has 2 aromatic heterocycles. The molecule has 10 nitrogen and oxygen atoms in total. The Bertz CT molecular complexity index is 1360. The number of nitrogens with two attached hydrogens (primary N) is 1. The zero-order valence-electron chi connectivity index (χ0n) is 20.0. The molecule has 2 saturated carbocycles. The Kier molecular flexibility index (Phi) is 5.92. The molecule has 0 aliphatic heterocycles. The fourth-order valence-corrected chi connectivity index (χ4v) is 4.89. The van der Waals surface area contributed by atoms with Gasteiger partial charge in [0.05, 0.1) is 23.5 Å². The number of rotatable bonds is 8. The third kappa shape index (κ3) is 4.34. The van der Waals surface area contributed by atoms with Crippen LogP contribution in [0.25, 0.3) is 22.2 Å². The van der Waals surface area contributed by atoms with Gasteiger partial charge in [0.2, 0.25) is 0 Å². The largest absolute Gasteiger partial charge is 0.493 e. The van der Waals surface area contributed by atoms with Gasteiger partial charge in [-0.3, -0.25) is 0 Å². The van der Waals surface area contributed by atoms with E-state index < -0.39 is 0 Å². The van der Waals surface area contributed by atoms with Crippen molar-refractivity contribution >= 4 is 28.3 Å². The number of nitrogens with zero attached hydrogens (tertiary/aromatic N) is 4. The van der Waals surface area contributed by atoms with Crippen LogP contribution in [0.15, 0.2) is 42.5 Å². The molecule has 0 bridgehead atoms. The highest BCUT2D eigenvalue weighted by Crippen LogP contribution is 2.45. The van der Waals surface area contributed by atoms with Crippen LogP contribution in [0.1, 0.15) is 50.4 Å². The molecule has 6 rings (SSSR count). The molecule has 0 unspecified atom stereocenters. The summed E-state index contributed by atoms with van der Waals surface area (Å²) in [5, 5.41) is 20.9. The number of hydrogen-bond donors (Lipinski definition) is 4. The molecular formula is C26H30N8O2. The average Bonchev–Trinajstić information content (AvgIpc) is 3.43. The first-order valence-electron chi connectivity index (χ1n) is 12.6. The number of aromatic nitrogens is 5. The van der Waals surface area contributed by atoms with Crippen molar-refractivity contribution in [2.75, 3.05) is 17.7 Å². The number of tetrazole rings is 1. The summed E-state index contributed by atoms with van der Waals surface area (Å²) in [5.74, 6) is 1.41. The Balaban J connectivity index is 1.26. The monoisotopic (exact) mass is 486 g/mol. The van der Waals surface area contributed by atoms with E-state index >= 15 is 0 Å². The third-order valence-corrected chi connectivity index (χ3v) is 7.29. The summed E-state index contributed by atoms with van der Waals surface area (Å²) in [6, 6.07) is 14.5. The maximum absolute atomic E-state index is 12.2. The van der Waals surface area contributed by atoms with Crippen molar-refractivity contribution in [3.05, 3.63) is 48.3 Å². The molecule has 0 saturated heterocycles. The van der Waals surface area contributed by atoms with Gasteiger partial charge >= 0.3 is 6.03 Å². The highest BCUT2D eigenvalue weighted by Gasteiger charge is 2.27. The number of hydrogen-bond acceptors (Lipinski definition) is 6. The Morgan fingerprint density at radius 3 is 2.58 bits per heavy atom. The second-order valence-corrected chi connectivity index (χ2v) is 9.63. The van der Waals surface area contributed by atoms with Crippen LogP contribution in [-0.4, -0.2) is 43.9 Å². The van der Waals surface area contributed by atoms with Gasteiger partial charge in [-0.25, -0.2) is 4.79 Å². The van der Waals surface area contributed by atoms with Crippen LogP contribution in [0.2, 0.25) is 0 Å². The minimum atomic E-state index is -0.151. The van der Waals surface area contributed by atoms with Gasteiger partial charge in [0.15, 0.2) is 5.82 Å². The Morgan fingerprint density at radius 1 is 1.11 bits per heavy atom. The van der Waals surface area contributed by atoms with E-state index in [1.807, 2.05) is 36.4 Å². The second kappa shape index (κ2) is 9.52. The number of fused-ring (bicyclic) bond motifs is 1. The number of urea groups is 1. The summed E-state index contributed by atoms with van der Waals surface area (Å²) in [6.07, 6.45) is 7.34. The van der Waals surface area contributed by atoms with E-state index in [2.05, 4.69) is 41.9 Å². The maximum Gasteiger partial charge on any atom is 0.319 e. The van der Waals surface area contributed by atoms with E-state index in [1.165, 1.54) is 12.8 Å². The zero-order valence-corrected chi connectivity index (χ0v) is 20.0. The van der Waals surface area contributed by atoms with Crippen molar-refractivity contribution in [1.29, 1.82) is 0 Å². The molecule has 2 aliphatic rings. The molecule has 2 aromatic carbocycles. The molecule has 36 heavy (non-hydrogen) atoms. The normalized spacial score (nSPS) is 15.9. The first-order valence-corrected chi connectivity index (χ1v) is 12.6. The van der Waals surface area contributed by atoms with Crippen molar-refractivity contribution in [2.45, 2.75) is 57.0 Å². The fraction of sp³-hybridized carbons (Fsp3) is 0.385. The van der Waals surface area contributed by atoms with Gasteiger partial charge in [-0.05, 0) is 62.8 Å². The van der Waals surface area contributed by atoms with Crippen LogP contribution < -0.4 is 21.1 Å². The van der Waals surface area contributed by atoms with Crippen LogP contribution in [0.5, 0.6) is 5.75 Å². The van der Waals surface area contributed by atoms with Crippen LogP contribution >= 0.6 is 0 Å². The Hall–Kier alpha value is -4.08. The molecular weight excluding hydrogens is 456 g/mol. The van der Waals surface area contributed by atoms with Crippen molar-refractivity contribution in [1.82, 2.24) is 30.5 Å². The number of benzene rings is 2. The maximum atomic E-state index is 12.2. The number of amides is 2. The summed E-state index contributed by atoms with van der Waals surface area (Å²) in [4.78, 5) is 12.2. The van der Waals surface area contributed by atoms with E-state index in [1.54, 1.807) is 0 Å². The number of anilines is 2. The first-order chi connectivity index (χ1) is 17.7. The molecule has 4 aromatic rings. The minimum Gasteiger partial charge on any atom is -0.493 e. The van der Waals surface area contributed by atoms with Crippen LogP contribution in [0, 0.1) is 0 Å². The van der Waals surface area contributed by atoms with E-state index in [9.17, 15) is 4.79 Å². The lowest BCUT2D eigenvalue weighted by Gasteiger charge is -2.30. The SMILES string of the molecule is Nc1c(-c2ccc(NC(=O)NC3CCC3)cc2)n(C2CCC2)c2cc(OCCc3nn[nH]n3)ccc12. The summed E-state index contributed by atoms with van der Waals surface area (Å²) >= 11 is 0. The molecule has 2 amide bonds. The van der Waals surface area contributed by atoms with Gasteiger partial charge in [-0.2, -0.15) is 5.21 Å². The van der Waals surface area contributed by atoms with Gasteiger partial charge in [-0.15, -0.1) is 10.2 Å². The van der Waals surface area contributed by atoms with Crippen LogP contribution in [0.3, 0.4) is 0 Å². The summed E-state index contributed by atoms with van der Waals surface area (Å²) < 4.78 is 8.37. The number of nitrogens with one attached hydrogen (secondary N) is 3. The zero-order chi connectivity index (χ0) is 24.5. The van der Waals surface area contributed by atoms with Crippen molar-refractivity contribution < 1.29 is 9.53 Å². The Labute approximate surface area is 208 Å². The lowest BCUT2D eigenvalue weighted by atomic mass is 9.92. The molecule has 10 heteroatoms. The van der Waals surface area contributed by atoms with E-state index in [-0.39, 0.29) is 6.03 Å². The highest BCUT2D eigenvalue weighted by molar-refractivity contribution is 6.02. The summed E-state index contributed by atoms with van der Waals surface area (Å²) in [7, 11) is 0. The van der Waals surface area contributed by atoms with Crippen molar-refractivity contribution in [2.24, 2.45) is 0 Å². The van der Waals surface area contributed by atoms with Gasteiger partial charge < -0.3 is 25.7 Å². The molecule has 0 spiro atoms. The van der Waals surface area contributed by atoms with Crippen LogP contribution in [-0.2, 0) is 6.42 Å². The second-order valence-electron chi connectivity index (χ2n) is 9.63. The van der Waals surface area contributed by atoms with Gasteiger partial charge in [-0.1, -0.05) is 17.3 Å². The number of aromatic amines is 1. The number of carbonyl (C=O) groups is 1.